The predicted molar refractivity (Wildman–Crippen MR) is 81.5 cm³/mol. The maximum atomic E-state index is 6.29. The lowest BCUT2D eigenvalue weighted by Crippen LogP contribution is -1.82. The molecule has 0 heterocycles. The van der Waals surface area contributed by atoms with Gasteiger partial charge in [0.25, 0.3) is 0 Å². The average Bonchev–Trinajstić information content (AvgIpc) is 2.36. The Morgan fingerprint density at radius 1 is 0.500 bits per heavy atom. The van der Waals surface area contributed by atoms with E-state index in [-0.39, 0.29) is 0 Å². The van der Waals surface area contributed by atoms with Gasteiger partial charge in [-0.15, -0.1) is 0 Å². The Kier molecular flexibility index (Phi) is 3.07. The molecule has 3 aromatic rings. The molecule has 0 amide bonds. The van der Waals surface area contributed by atoms with E-state index in [9.17, 15) is 0 Å². The summed E-state index contributed by atoms with van der Waals surface area (Å²) in [7, 11) is 0. The standard InChI is InChI=1S/C14H6Cl4/c15-7-1-3-9-11(5-7)12-6-8(16)2-4-10(12)14(18)13(9)17/h1-6H. The Balaban J connectivity index is 2.64. The van der Waals surface area contributed by atoms with Crippen LogP contribution in [0.5, 0.6) is 0 Å². The summed E-state index contributed by atoms with van der Waals surface area (Å²) < 4.78 is 0. The van der Waals surface area contributed by atoms with Gasteiger partial charge in [-0.2, -0.15) is 0 Å². The molecule has 0 unspecified atom stereocenters. The van der Waals surface area contributed by atoms with Gasteiger partial charge in [0, 0.05) is 20.8 Å². The molecule has 0 radical (unpaired) electrons. The van der Waals surface area contributed by atoms with E-state index in [4.69, 9.17) is 46.4 Å². The third-order valence-electron chi connectivity index (χ3n) is 2.92. The van der Waals surface area contributed by atoms with Gasteiger partial charge in [0.15, 0.2) is 0 Å². The molecule has 0 fully saturated rings. The van der Waals surface area contributed by atoms with Crippen molar-refractivity contribution in [1.29, 1.82) is 0 Å². The van der Waals surface area contributed by atoms with Crippen LogP contribution in [0, 0.1) is 0 Å². The zero-order valence-corrected chi connectivity index (χ0v) is 12.0. The minimum Gasteiger partial charge on any atom is -0.0843 e. The summed E-state index contributed by atoms with van der Waals surface area (Å²) in [6.07, 6.45) is 0. The van der Waals surface area contributed by atoms with E-state index in [0.29, 0.717) is 20.1 Å². The molecule has 0 aliphatic carbocycles. The summed E-state index contributed by atoms with van der Waals surface area (Å²) in [5.74, 6) is 0. The van der Waals surface area contributed by atoms with Crippen LogP contribution in [0.15, 0.2) is 36.4 Å². The van der Waals surface area contributed by atoms with Crippen LogP contribution in [0.25, 0.3) is 21.5 Å². The second kappa shape index (κ2) is 4.47. The molecule has 0 aliphatic rings. The third kappa shape index (κ3) is 1.85. The highest BCUT2D eigenvalue weighted by molar-refractivity contribution is 6.49. The van der Waals surface area contributed by atoms with Crippen molar-refractivity contribution in [3.63, 3.8) is 0 Å². The van der Waals surface area contributed by atoms with Crippen LogP contribution in [0.2, 0.25) is 20.1 Å². The lowest BCUT2D eigenvalue weighted by molar-refractivity contribution is 1.76. The second-order valence-corrected chi connectivity index (χ2v) is 5.64. The van der Waals surface area contributed by atoms with Crippen molar-refractivity contribution in [2.24, 2.45) is 0 Å². The number of hydrogen-bond acceptors (Lipinski definition) is 0. The normalized spacial score (nSPS) is 11.3. The average molecular weight is 316 g/mol. The van der Waals surface area contributed by atoms with Gasteiger partial charge in [-0.25, -0.2) is 0 Å². The number of rotatable bonds is 0. The molecule has 4 heteroatoms. The van der Waals surface area contributed by atoms with Crippen LogP contribution in [0.3, 0.4) is 0 Å². The topological polar surface area (TPSA) is 0 Å². The van der Waals surface area contributed by atoms with E-state index in [1.54, 1.807) is 12.1 Å². The van der Waals surface area contributed by atoms with E-state index in [1.807, 2.05) is 24.3 Å². The molecule has 0 spiro atoms. The van der Waals surface area contributed by atoms with E-state index in [1.165, 1.54) is 0 Å². The minimum absolute atomic E-state index is 0.540. The Hall–Kier alpha value is -0.660. The molecule has 90 valence electrons. The monoisotopic (exact) mass is 314 g/mol. The first-order valence-corrected chi connectivity index (χ1v) is 6.74. The van der Waals surface area contributed by atoms with Gasteiger partial charge < -0.3 is 0 Å². The van der Waals surface area contributed by atoms with Crippen molar-refractivity contribution >= 4 is 67.9 Å². The minimum atomic E-state index is 0.540. The van der Waals surface area contributed by atoms with Gasteiger partial charge in [0.1, 0.15) is 0 Å². The number of hydrogen-bond donors (Lipinski definition) is 0. The number of fused-ring (bicyclic) bond motifs is 3. The van der Waals surface area contributed by atoms with Crippen molar-refractivity contribution in [2.45, 2.75) is 0 Å². The Morgan fingerprint density at radius 2 is 0.889 bits per heavy atom. The molecule has 3 rings (SSSR count). The first-order chi connectivity index (χ1) is 8.58. The van der Waals surface area contributed by atoms with Gasteiger partial charge in [0.2, 0.25) is 0 Å². The van der Waals surface area contributed by atoms with Crippen molar-refractivity contribution in [2.75, 3.05) is 0 Å². The fourth-order valence-electron chi connectivity index (χ4n) is 2.10. The van der Waals surface area contributed by atoms with Crippen molar-refractivity contribution < 1.29 is 0 Å². The van der Waals surface area contributed by atoms with E-state index >= 15 is 0 Å². The summed E-state index contributed by atoms with van der Waals surface area (Å²) in [5, 5.41) is 6.05. The highest BCUT2D eigenvalue weighted by atomic mass is 35.5. The van der Waals surface area contributed by atoms with Crippen molar-refractivity contribution in [3.8, 4) is 0 Å². The van der Waals surface area contributed by atoms with Crippen LogP contribution in [0.4, 0.5) is 0 Å². The Bertz CT molecular complexity index is 711. The molecular formula is C14H6Cl4. The van der Waals surface area contributed by atoms with Crippen LogP contribution < -0.4 is 0 Å². The molecule has 0 bridgehead atoms. The molecule has 0 aromatic heterocycles. The highest BCUT2D eigenvalue weighted by Crippen LogP contribution is 2.40. The quantitative estimate of drug-likeness (QED) is 0.410. The number of benzene rings is 3. The van der Waals surface area contributed by atoms with E-state index in [2.05, 4.69) is 0 Å². The number of halogens is 4. The Labute approximate surface area is 124 Å². The first kappa shape index (κ1) is 12.4. The SMILES string of the molecule is Clc1ccc2c(Cl)c(Cl)c3ccc(Cl)cc3c2c1. The predicted octanol–water partition coefficient (Wildman–Crippen LogP) is 6.61. The summed E-state index contributed by atoms with van der Waals surface area (Å²) in [6, 6.07) is 11.1. The molecule has 0 saturated carbocycles. The molecule has 0 atom stereocenters. The molecule has 0 nitrogen and oxygen atoms in total. The molecule has 0 saturated heterocycles. The van der Waals surface area contributed by atoms with Crippen LogP contribution in [-0.2, 0) is 0 Å². The smallest absolute Gasteiger partial charge is 0.0677 e. The lowest BCUT2D eigenvalue weighted by Gasteiger charge is -2.10. The maximum Gasteiger partial charge on any atom is 0.0677 e. The molecular weight excluding hydrogens is 310 g/mol. The van der Waals surface area contributed by atoms with Crippen LogP contribution in [-0.4, -0.2) is 0 Å². The molecule has 0 aliphatic heterocycles. The van der Waals surface area contributed by atoms with Crippen LogP contribution in [0.1, 0.15) is 0 Å². The zero-order chi connectivity index (χ0) is 12.9. The van der Waals surface area contributed by atoms with E-state index < -0.39 is 0 Å². The summed E-state index contributed by atoms with van der Waals surface area (Å²) in [6.45, 7) is 0. The third-order valence-corrected chi connectivity index (χ3v) is 4.27. The maximum absolute atomic E-state index is 6.29. The largest absolute Gasteiger partial charge is 0.0843 e. The van der Waals surface area contributed by atoms with Gasteiger partial charge in [-0.05, 0) is 35.0 Å². The van der Waals surface area contributed by atoms with Gasteiger partial charge in [-0.1, -0.05) is 58.5 Å². The van der Waals surface area contributed by atoms with E-state index in [0.717, 1.165) is 21.5 Å². The first-order valence-electron chi connectivity index (χ1n) is 5.23. The van der Waals surface area contributed by atoms with Gasteiger partial charge in [-0.3, -0.25) is 0 Å². The summed E-state index contributed by atoms with van der Waals surface area (Å²) >= 11 is 24.7. The highest BCUT2D eigenvalue weighted by Gasteiger charge is 2.12. The Morgan fingerprint density at radius 3 is 1.28 bits per heavy atom. The summed E-state index contributed by atoms with van der Waals surface area (Å²) in [4.78, 5) is 0. The molecule has 18 heavy (non-hydrogen) atoms. The molecule has 0 N–H and O–H groups in total. The lowest BCUT2D eigenvalue weighted by atomic mass is 10.0. The van der Waals surface area contributed by atoms with Crippen molar-refractivity contribution in [3.05, 3.63) is 56.5 Å². The molecule has 3 aromatic carbocycles. The van der Waals surface area contributed by atoms with Crippen LogP contribution >= 0.6 is 46.4 Å². The van der Waals surface area contributed by atoms with Gasteiger partial charge >= 0.3 is 0 Å². The second-order valence-electron chi connectivity index (χ2n) is 4.01. The zero-order valence-electron chi connectivity index (χ0n) is 8.98. The fourth-order valence-corrected chi connectivity index (χ4v) is 2.98. The fraction of sp³-hybridized carbons (Fsp3) is 0. The van der Waals surface area contributed by atoms with Gasteiger partial charge in [0.05, 0.1) is 10.0 Å². The summed E-state index contributed by atoms with van der Waals surface area (Å²) in [5.41, 5.74) is 0. The van der Waals surface area contributed by atoms with Crippen molar-refractivity contribution in [1.82, 2.24) is 0 Å².